The van der Waals surface area contributed by atoms with Gasteiger partial charge in [0.2, 0.25) is 0 Å². The highest BCUT2D eigenvalue weighted by atomic mass is 32.1. The molecule has 1 aromatic rings. The number of nitrogens with zero attached hydrogens (tertiary/aromatic N) is 2. The Labute approximate surface area is 146 Å². The van der Waals surface area contributed by atoms with E-state index in [0.29, 0.717) is 24.0 Å². The molecular formula is C17H20N4O2S. The first kappa shape index (κ1) is 16.4. The molecule has 1 aromatic carbocycles. The van der Waals surface area contributed by atoms with Crippen molar-refractivity contribution >= 4 is 34.6 Å². The van der Waals surface area contributed by atoms with Crippen LogP contribution in [-0.4, -0.2) is 36.5 Å². The average molecular weight is 344 g/mol. The van der Waals surface area contributed by atoms with E-state index in [2.05, 4.69) is 32.7 Å². The van der Waals surface area contributed by atoms with Gasteiger partial charge in [-0.1, -0.05) is 30.4 Å². The zero-order chi connectivity index (χ0) is 17.1. The lowest BCUT2D eigenvalue weighted by Gasteiger charge is -2.30. The minimum absolute atomic E-state index is 0.282. The van der Waals surface area contributed by atoms with Gasteiger partial charge in [-0.25, -0.2) is 9.79 Å². The molecule has 3 rings (SSSR count). The summed E-state index contributed by atoms with van der Waals surface area (Å²) in [5.41, 5.74) is 3.29. The molecule has 24 heavy (non-hydrogen) atoms. The van der Waals surface area contributed by atoms with Gasteiger partial charge < -0.3 is 20.3 Å². The van der Waals surface area contributed by atoms with Crippen LogP contribution in [0, 0.1) is 0 Å². The molecule has 2 N–H and O–H groups in total. The lowest BCUT2D eigenvalue weighted by molar-refractivity contribution is -0.135. The van der Waals surface area contributed by atoms with Crippen molar-refractivity contribution in [3.63, 3.8) is 0 Å². The summed E-state index contributed by atoms with van der Waals surface area (Å²) >= 11 is 5.41. The maximum Gasteiger partial charge on any atom is 0.352 e. The van der Waals surface area contributed by atoms with Crippen LogP contribution < -0.4 is 15.5 Å². The fraction of sp³-hybridized carbons (Fsp3) is 0.353. The van der Waals surface area contributed by atoms with Gasteiger partial charge in [0.15, 0.2) is 0 Å². The van der Waals surface area contributed by atoms with Gasteiger partial charge in [0.1, 0.15) is 22.2 Å². The van der Waals surface area contributed by atoms with Crippen molar-refractivity contribution in [3.05, 3.63) is 41.3 Å². The van der Waals surface area contributed by atoms with Crippen LogP contribution >= 0.6 is 12.2 Å². The Morgan fingerprint density at radius 3 is 2.96 bits per heavy atom. The zero-order valence-corrected chi connectivity index (χ0v) is 14.6. The van der Waals surface area contributed by atoms with E-state index in [4.69, 9.17) is 17.0 Å². The molecule has 0 unspecified atom stereocenters. The summed E-state index contributed by atoms with van der Waals surface area (Å²) in [7, 11) is 0. The first-order valence-corrected chi connectivity index (χ1v) is 8.37. The number of hydrogen-bond acceptors (Lipinski definition) is 6. The Hall–Kier alpha value is -2.41. The maximum absolute atomic E-state index is 11.9. The van der Waals surface area contributed by atoms with Crippen molar-refractivity contribution in [1.29, 1.82) is 0 Å². The van der Waals surface area contributed by atoms with E-state index >= 15 is 0 Å². The molecule has 0 fully saturated rings. The third kappa shape index (κ3) is 3.12. The summed E-state index contributed by atoms with van der Waals surface area (Å²) in [5, 5.41) is 6.37. The second-order valence-corrected chi connectivity index (χ2v) is 5.91. The number of ether oxygens (including phenoxy) is 1. The van der Waals surface area contributed by atoms with Crippen LogP contribution in [0.3, 0.4) is 0 Å². The van der Waals surface area contributed by atoms with Gasteiger partial charge in [-0.2, -0.15) is 0 Å². The van der Waals surface area contributed by atoms with Crippen molar-refractivity contribution in [3.8, 4) is 0 Å². The largest absolute Gasteiger partial charge is 0.462 e. The molecule has 6 nitrogen and oxygen atoms in total. The molecule has 0 spiro atoms. The van der Waals surface area contributed by atoms with Gasteiger partial charge >= 0.3 is 5.97 Å². The van der Waals surface area contributed by atoms with E-state index in [0.717, 1.165) is 24.5 Å². The van der Waals surface area contributed by atoms with Crippen LogP contribution in [-0.2, 0) is 16.0 Å². The summed E-state index contributed by atoms with van der Waals surface area (Å²) in [6, 6.07) is 8.27. The van der Waals surface area contributed by atoms with Crippen LogP contribution in [0.25, 0.3) is 0 Å². The molecule has 2 aliphatic heterocycles. The van der Waals surface area contributed by atoms with Crippen LogP contribution in [0.2, 0.25) is 0 Å². The second kappa shape index (κ2) is 7.00. The molecule has 2 heterocycles. The molecule has 2 aliphatic rings. The van der Waals surface area contributed by atoms with Crippen molar-refractivity contribution in [2.75, 3.05) is 24.7 Å². The monoisotopic (exact) mass is 344 g/mol. The Morgan fingerprint density at radius 1 is 1.38 bits per heavy atom. The third-order valence-electron chi connectivity index (χ3n) is 3.95. The van der Waals surface area contributed by atoms with E-state index in [9.17, 15) is 4.79 Å². The van der Waals surface area contributed by atoms with Crippen molar-refractivity contribution in [1.82, 2.24) is 10.6 Å². The Morgan fingerprint density at radius 2 is 2.17 bits per heavy atom. The van der Waals surface area contributed by atoms with E-state index in [1.165, 1.54) is 5.56 Å². The maximum atomic E-state index is 11.9. The fourth-order valence-corrected chi connectivity index (χ4v) is 3.04. The number of carbonyl (C=O) groups is 1. The Balaban J connectivity index is 2.00. The predicted octanol–water partition coefficient (Wildman–Crippen LogP) is 1.72. The van der Waals surface area contributed by atoms with Gasteiger partial charge in [0.25, 0.3) is 0 Å². The molecule has 7 heteroatoms. The summed E-state index contributed by atoms with van der Waals surface area (Å²) in [6.45, 7) is 5.10. The highest BCUT2D eigenvalue weighted by Gasteiger charge is 2.28. The van der Waals surface area contributed by atoms with E-state index < -0.39 is 5.97 Å². The molecule has 0 aliphatic carbocycles. The minimum Gasteiger partial charge on any atom is -0.462 e. The fourth-order valence-electron chi connectivity index (χ4n) is 2.83. The summed E-state index contributed by atoms with van der Waals surface area (Å²) in [5.74, 6) is 0.395. The summed E-state index contributed by atoms with van der Waals surface area (Å²) in [6.07, 6.45) is 0.968. The predicted molar refractivity (Wildman–Crippen MR) is 98.0 cm³/mol. The number of fused-ring (bicyclic) bond motifs is 1. The number of thiocarbonyl (C=S) groups is 1. The quantitative estimate of drug-likeness (QED) is 0.493. The van der Waals surface area contributed by atoms with Crippen molar-refractivity contribution < 1.29 is 9.53 Å². The molecule has 0 aromatic heterocycles. The number of hydrogen-bond donors (Lipinski definition) is 2. The number of benzene rings is 1. The number of carbonyl (C=O) groups excluding carboxylic acids is 1. The Bertz CT molecular complexity index is 742. The molecule has 0 radical (unpaired) electrons. The standard InChI is InChI=1S/C17H20N4O2S/c1-3-23-17(22)11(2)20-14-15(18-10-19-16(14)24)21-9-8-12-6-4-5-7-13(12)21/h4-7,18H,3,8-10H2,1-2H3,(H,19,24). The number of aliphatic imine (C=N–C) groups is 1. The number of anilines is 1. The van der Waals surface area contributed by atoms with Gasteiger partial charge in [0, 0.05) is 12.2 Å². The van der Waals surface area contributed by atoms with Gasteiger partial charge in [-0.15, -0.1) is 0 Å². The lowest BCUT2D eigenvalue weighted by Crippen LogP contribution is -2.45. The first-order chi connectivity index (χ1) is 11.6. The molecule has 0 saturated heterocycles. The normalized spacial score (nSPS) is 17.3. The number of esters is 1. The smallest absolute Gasteiger partial charge is 0.352 e. The molecule has 0 saturated carbocycles. The molecule has 0 atom stereocenters. The molecular weight excluding hydrogens is 324 g/mol. The summed E-state index contributed by atoms with van der Waals surface area (Å²) in [4.78, 5) is 19.0. The lowest BCUT2D eigenvalue weighted by atomic mass is 10.2. The molecule has 0 amide bonds. The van der Waals surface area contributed by atoms with Gasteiger partial charge in [0.05, 0.1) is 13.3 Å². The number of nitrogens with one attached hydrogen (secondary N) is 2. The van der Waals surface area contributed by atoms with Crippen molar-refractivity contribution in [2.45, 2.75) is 20.3 Å². The van der Waals surface area contributed by atoms with Crippen LogP contribution in [0.5, 0.6) is 0 Å². The van der Waals surface area contributed by atoms with Crippen LogP contribution in [0.1, 0.15) is 19.4 Å². The van der Waals surface area contributed by atoms with Crippen molar-refractivity contribution in [2.24, 2.45) is 4.99 Å². The van der Waals surface area contributed by atoms with Crippen LogP contribution in [0.4, 0.5) is 5.69 Å². The number of para-hydroxylation sites is 1. The van der Waals surface area contributed by atoms with Gasteiger partial charge in [-0.3, -0.25) is 0 Å². The van der Waals surface area contributed by atoms with Gasteiger partial charge in [-0.05, 0) is 31.9 Å². The number of rotatable bonds is 4. The highest BCUT2D eigenvalue weighted by molar-refractivity contribution is 7.80. The topological polar surface area (TPSA) is 66.0 Å². The first-order valence-electron chi connectivity index (χ1n) is 7.96. The minimum atomic E-state index is -0.431. The third-order valence-corrected chi connectivity index (χ3v) is 4.29. The van der Waals surface area contributed by atoms with E-state index in [1.54, 1.807) is 13.8 Å². The SMILES string of the molecule is CCOC(=O)C(C)=NC1=C(N2CCc3ccccc32)NCNC1=S. The highest BCUT2D eigenvalue weighted by Crippen LogP contribution is 2.31. The average Bonchev–Trinajstić information content (AvgIpc) is 3.00. The van der Waals surface area contributed by atoms with E-state index in [-0.39, 0.29) is 5.71 Å². The zero-order valence-electron chi connectivity index (χ0n) is 13.8. The molecule has 0 bridgehead atoms. The summed E-state index contributed by atoms with van der Waals surface area (Å²) < 4.78 is 5.01. The second-order valence-electron chi connectivity index (χ2n) is 5.50. The molecule has 126 valence electrons. The van der Waals surface area contributed by atoms with E-state index in [1.807, 2.05) is 12.1 Å². The Kier molecular flexibility index (Phi) is 4.80. The van der Waals surface area contributed by atoms with Crippen LogP contribution in [0.15, 0.2) is 40.8 Å².